The number of hydrogen-bond donors (Lipinski definition) is 1. The number of hydrogen-bond acceptors (Lipinski definition) is 4. The second-order valence-corrected chi connectivity index (χ2v) is 7.16. The van der Waals surface area contributed by atoms with Gasteiger partial charge in [0.2, 0.25) is 0 Å². The van der Waals surface area contributed by atoms with Crippen molar-refractivity contribution in [3.8, 4) is 0 Å². The van der Waals surface area contributed by atoms with Crippen LogP contribution in [0.4, 0.5) is 0 Å². The van der Waals surface area contributed by atoms with Crippen LogP contribution in [0.15, 0.2) is 0 Å². The van der Waals surface area contributed by atoms with Gasteiger partial charge in [0.05, 0.1) is 4.75 Å². The first kappa shape index (κ1) is 13.9. The number of sulfone groups is 1. The van der Waals surface area contributed by atoms with Crippen molar-refractivity contribution in [1.29, 1.82) is 0 Å². The Morgan fingerprint density at radius 2 is 1.79 bits per heavy atom. The van der Waals surface area contributed by atoms with Gasteiger partial charge in [-0.2, -0.15) is 0 Å². The molecular formula is C9H22N2O2S. The Kier molecular flexibility index (Phi) is 5.05. The van der Waals surface area contributed by atoms with Crippen LogP contribution in [0.1, 0.15) is 13.8 Å². The monoisotopic (exact) mass is 222 g/mol. The molecule has 0 saturated carbocycles. The molecule has 0 rings (SSSR count). The van der Waals surface area contributed by atoms with Crippen molar-refractivity contribution in [3.05, 3.63) is 0 Å². The largest absolute Gasteiger partial charge is 0.314 e. The molecule has 0 atom stereocenters. The van der Waals surface area contributed by atoms with E-state index in [1.807, 2.05) is 14.1 Å². The Morgan fingerprint density at radius 3 is 2.14 bits per heavy atom. The van der Waals surface area contributed by atoms with Gasteiger partial charge in [0.25, 0.3) is 0 Å². The zero-order valence-corrected chi connectivity index (χ0v) is 10.6. The molecule has 0 amide bonds. The van der Waals surface area contributed by atoms with E-state index in [1.165, 1.54) is 6.26 Å². The maximum Gasteiger partial charge on any atom is 0.153 e. The molecule has 0 bridgehead atoms. The van der Waals surface area contributed by atoms with Crippen LogP contribution in [0.5, 0.6) is 0 Å². The summed E-state index contributed by atoms with van der Waals surface area (Å²) < 4.78 is 22.0. The summed E-state index contributed by atoms with van der Waals surface area (Å²) in [4.78, 5) is 2.06. The van der Waals surface area contributed by atoms with Crippen LogP contribution in [-0.4, -0.2) is 58.1 Å². The van der Waals surface area contributed by atoms with Gasteiger partial charge in [0.15, 0.2) is 9.84 Å². The molecule has 0 fully saturated rings. The van der Waals surface area contributed by atoms with Crippen LogP contribution in [0.25, 0.3) is 0 Å². The summed E-state index contributed by atoms with van der Waals surface area (Å²) in [6, 6.07) is 0. The van der Waals surface area contributed by atoms with Crippen LogP contribution in [0.2, 0.25) is 0 Å². The number of nitrogens with one attached hydrogen (secondary N) is 1. The molecule has 0 aliphatic rings. The first-order chi connectivity index (χ1) is 6.17. The molecular weight excluding hydrogens is 200 g/mol. The Bertz CT molecular complexity index is 258. The molecule has 14 heavy (non-hydrogen) atoms. The first-order valence-corrected chi connectivity index (χ1v) is 6.61. The van der Waals surface area contributed by atoms with Crippen LogP contribution in [0, 0.1) is 0 Å². The molecule has 0 unspecified atom stereocenters. The second kappa shape index (κ2) is 5.09. The van der Waals surface area contributed by atoms with Crippen molar-refractivity contribution in [2.24, 2.45) is 0 Å². The SMILES string of the molecule is CN(C)CCNCC(C)(C)S(C)(=O)=O. The standard InChI is InChI=1S/C9H22N2O2S/c1-9(2,14(5,12)13)8-10-6-7-11(3)4/h10H,6-8H2,1-5H3. The van der Waals surface area contributed by atoms with Gasteiger partial charge < -0.3 is 10.2 Å². The highest BCUT2D eigenvalue weighted by atomic mass is 32.2. The fourth-order valence-electron chi connectivity index (χ4n) is 0.823. The number of nitrogens with zero attached hydrogens (tertiary/aromatic N) is 1. The number of rotatable bonds is 6. The summed E-state index contributed by atoms with van der Waals surface area (Å²) >= 11 is 0. The summed E-state index contributed by atoms with van der Waals surface area (Å²) in [7, 11) is 1.000. The van der Waals surface area contributed by atoms with E-state index in [1.54, 1.807) is 13.8 Å². The van der Waals surface area contributed by atoms with Crippen LogP contribution in [-0.2, 0) is 9.84 Å². The lowest BCUT2D eigenvalue weighted by Crippen LogP contribution is -2.43. The molecule has 0 aliphatic heterocycles. The lowest BCUT2D eigenvalue weighted by Gasteiger charge is -2.23. The minimum Gasteiger partial charge on any atom is -0.314 e. The van der Waals surface area contributed by atoms with E-state index in [0.29, 0.717) is 6.54 Å². The smallest absolute Gasteiger partial charge is 0.153 e. The van der Waals surface area contributed by atoms with Crippen molar-refractivity contribution in [2.75, 3.05) is 40.0 Å². The van der Waals surface area contributed by atoms with E-state index in [-0.39, 0.29) is 0 Å². The fourth-order valence-corrected chi connectivity index (χ4v) is 1.19. The molecule has 4 nitrogen and oxygen atoms in total. The van der Waals surface area contributed by atoms with Crippen LogP contribution in [0.3, 0.4) is 0 Å². The highest BCUT2D eigenvalue weighted by Gasteiger charge is 2.29. The van der Waals surface area contributed by atoms with Gasteiger partial charge in [0, 0.05) is 25.9 Å². The zero-order valence-electron chi connectivity index (χ0n) is 9.79. The zero-order chi connectivity index (χ0) is 11.4. The summed E-state index contributed by atoms with van der Waals surface area (Å²) in [6.07, 6.45) is 1.28. The lowest BCUT2D eigenvalue weighted by molar-refractivity contribution is 0.394. The maximum absolute atomic E-state index is 11.3. The molecule has 0 aromatic carbocycles. The average molecular weight is 222 g/mol. The van der Waals surface area contributed by atoms with E-state index in [2.05, 4.69) is 10.2 Å². The Labute approximate surface area is 87.6 Å². The van der Waals surface area contributed by atoms with Crippen LogP contribution < -0.4 is 5.32 Å². The summed E-state index contributed by atoms with van der Waals surface area (Å²) in [5.74, 6) is 0. The summed E-state index contributed by atoms with van der Waals surface area (Å²) in [6.45, 7) is 5.71. The van der Waals surface area contributed by atoms with Crippen molar-refractivity contribution >= 4 is 9.84 Å². The highest BCUT2D eigenvalue weighted by molar-refractivity contribution is 7.92. The fraction of sp³-hybridized carbons (Fsp3) is 1.00. The topological polar surface area (TPSA) is 49.4 Å². The van der Waals surface area contributed by atoms with Gasteiger partial charge in [-0.25, -0.2) is 8.42 Å². The predicted molar refractivity (Wildman–Crippen MR) is 60.3 cm³/mol. The van der Waals surface area contributed by atoms with Gasteiger partial charge >= 0.3 is 0 Å². The molecule has 1 N–H and O–H groups in total. The minimum absolute atomic E-state index is 0.500. The molecule has 0 aliphatic carbocycles. The van der Waals surface area contributed by atoms with E-state index in [4.69, 9.17) is 0 Å². The van der Waals surface area contributed by atoms with E-state index < -0.39 is 14.6 Å². The normalized spacial score (nSPS) is 13.6. The molecule has 5 heteroatoms. The van der Waals surface area contributed by atoms with Gasteiger partial charge in [0.1, 0.15) is 0 Å². The lowest BCUT2D eigenvalue weighted by atomic mass is 10.2. The predicted octanol–water partition coefficient (Wildman–Crippen LogP) is -0.0392. The summed E-state index contributed by atoms with van der Waals surface area (Å²) in [5, 5.41) is 3.14. The summed E-state index contributed by atoms with van der Waals surface area (Å²) in [5.41, 5.74) is 0. The van der Waals surface area contributed by atoms with Crippen molar-refractivity contribution < 1.29 is 8.42 Å². The van der Waals surface area contributed by atoms with E-state index in [0.717, 1.165) is 13.1 Å². The number of likely N-dealkylation sites (N-methyl/N-ethyl adjacent to an activating group) is 1. The van der Waals surface area contributed by atoms with Crippen molar-refractivity contribution in [1.82, 2.24) is 10.2 Å². The second-order valence-electron chi connectivity index (χ2n) is 4.51. The third kappa shape index (κ3) is 4.93. The van der Waals surface area contributed by atoms with Gasteiger partial charge in [-0.15, -0.1) is 0 Å². The Morgan fingerprint density at radius 1 is 1.29 bits per heavy atom. The van der Waals surface area contributed by atoms with E-state index >= 15 is 0 Å². The van der Waals surface area contributed by atoms with Crippen molar-refractivity contribution in [2.45, 2.75) is 18.6 Å². The Balaban J connectivity index is 3.90. The molecule has 0 aromatic rings. The minimum atomic E-state index is -2.98. The first-order valence-electron chi connectivity index (χ1n) is 4.72. The van der Waals surface area contributed by atoms with Gasteiger partial charge in [-0.05, 0) is 27.9 Å². The average Bonchev–Trinajstić information content (AvgIpc) is 1.95. The molecule has 0 aromatic heterocycles. The van der Waals surface area contributed by atoms with Crippen LogP contribution >= 0.6 is 0 Å². The Hall–Kier alpha value is -0.130. The van der Waals surface area contributed by atoms with Gasteiger partial charge in [-0.3, -0.25) is 0 Å². The van der Waals surface area contributed by atoms with E-state index in [9.17, 15) is 8.42 Å². The molecule has 0 heterocycles. The molecule has 86 valence electrons. The molecule has 0 radical (unpaired) electrons. The third-order valence-electron chi connectivity index (χ3n) is 2.29. The molecule has 0 spiro atoms. The highest BCUT2D eigenvalue weighted by Crippen LogP contribution is 2.12. The third-order valence-corrected chi connectivity index (χ3v) is 4.44. The quantitative estimate of drug-likeness (QED) is 0.641. The van der Waals surface area contributed by atoms with Crippen molar-refractivity contribution in [3.63, 3.8) is 0 Å². The van der Waals surface area contributed by atoms with Gasteiger partial charge in [-0.1, -0.05) is 0 Å². The maximum atomic E-state index is 11.3. The molecule has 0 saturated heterocycles.